The fourth-order valence-electron chi connectivity index (χ4n) is 1.97. The molecule has 0 radical (unpaired) electrons. The molecule has 4 N–H and O–H groups in total. The van der Waals surface area contributed by atoms with Crippen LogP contribution in [-0.2, 0) is 22.4 Å². The summed E-state index contributed by atoms with van der Waals surface area (Å²) < 4.78 is 5.12. The zero-order valence-electron chi connectivity index (χ0n) is 11.9. The normalized spacial score (nSPS) is 10.3. The van der Waals surface area contributed by atoms with Crippen molar-refractivity contribution in [2.75, 3.05) is 0 Å². The number of phenolic OH excluding ortho intramolecular Hbond substituents is 3. The van der Waals surface area contributed by atoms with Crippen molar-refractivity contribution in [1.29, 1.82) is 0 Å². The van der Waals surface area contributed by atoms with Crippen LogP contribution in [0.15, 0.2) is 36.4 Å². The van der Waals surface area contributed by atoms with Gasteiger partial charge in [-0.1, -0.05) is 6.07 Å². The lowest BCUT2D eigenvalue weighted by Crippen LogP contribution is -2.13. The predicted octanol–water partition coefficient (Wildman–Crippen LogP) is 1.58. The summed E-state index contributed by atoms with van der Waals surface area (Å²) in [6.07, 6.45) is -0.585. The lowest BCUT2D eigenvalue weighted by atomic mass is 10.1. The summed E-state index contributed by atoms with van der Waals surface area (Å²) in [6.45, 7) is 0. The largest absolute Gasteiger partial charge is 0.508 e. The molecule has 0 bridgehead atoms. The number of carbonyl (C=O) groups is 2. The Kier molecular flexibility index (Phi) is 4.70. The second kappa shape index (κ2) is 6.69. The standard InChI is InChI=1S/C16H14O7/c17-11-2-4-14(10(7-11)8-15(20)21)23-16(22)6-9-1-3-12(18)13(19)5-9/h1-5,7,17-19H,6,8H2,(H,20,21). The van der Waals surface area contributed by atoms with E-state index in [9.17, 15) is 24.9 Å². The highest BCUT2D eigenvalue weighted by molar-refractivity contribution is 5.77. The van der Waals surface area contributed by atoms with Gasteiger partial charge in [-0.15, -0.1) is 0 Å². The third-order valence-corrected chi connectivity index (χ3v) is 3.00. The third kappa shape index (κ3) is 4.37. The molecule has 0 aromatic heterocycles. The first-order valence-electron chi connectivity index (χ1n) is 6.60. The molecule has 0 amide bonds. The van der Waals surface area contributed by atoms with Crippen molar-refractivity contribution in [3.63, 3.8) is 0 Å². The number of carboxylic acids is 1. The minimum atomic E-state index is -1.13. The molecule has 120 valence electrons. The Labute approximate surface area is 131 Å². The van der Waals surface area contributed by atoms with Gasteiger partial charge in [-0.2, -0.15) is 0 Å². The minimum Gasteiger partial charge on any atom is -0.508 e. The highest BCUT2D eigenvalue weighted by Gasteiger charge is 2.14. The number of hydrogen-bond donors (Lipinski definition) is 4. The van der Waals surface area contributed by atoms with Crippen molar-refractivity contribution in [2.24, 2.45) is 0 Å². The smallest absolute Gasteiger partial charge is 0.315 e. The monoisotopic (exact) mass is 318 g/mol. The van der Waals surface area contributed by atoms with Crippen LogP contribution in [0.3, 0.4) is 0 Å². The van der Waals surface area contributed by atoms with E-state index in [0.717, 1.165) is 0 Å². The van der Waals surface area contributed by atoms with Crippen molar-refractivity contribution < 1.29 is 34.8 Å². The molecule has 2 aromatic rings. The fourth-order valence-corrected chi connectivity index (χ4v) is 1.97. The third-order valence-electron chi connectivity index (χ3n) is 3.00. The molecule has 0 fully saturated rings. The Morgan fingerprint density at radius 2 is 1.65 bits per heavy atom. The summed E-state index contributed by atoms with van der Waals surface area (Å²) in [5.74, 6) is -2.55. The number of esters is 1. The van der Waals surface area contributed by atoms with Crippen LogP contribution in [0.5, 0.6) is 23.0 Å². The quantitative estimate of drug-likeness (QED) is 0.375. The maximum absolute atomic E-state index is 11.9. The molecule has 0 saturated heterocycles. The summed E-state index contributed by atoms with van der Waals surface area (Å²) >= 11 is 0. The first-order chi connectivity index (χ1) is 10.8. The van der Waals surface area contributed by atoms with E-state index in [1.165, 1.54) is 36.4 Å². The lowest BCUT2D eigenvalue weighted by molar-refractivity contribution is -0.137. The summed E-state index contributed by atoms with van der Waals surface area (Å²) in [6, 6.07) is 7.72. The van der Waals surface area contributed by atoms with Gasteiger partial charge in [0.15, 0.2) is 11.5 Å². The molecule has 7 heteroatoms. The highest BCUT2D eigenvalue weighted by atomic mass is 16.5. The summed E-state index contributed by atoms with van der Waals surface area (Å²) in [5, 5.41) is 36.8. The van der Waals surface area contributed by atoms with Gasteiger partial charge in [0.25, 0.3) is 0 Å². The van der Waals surface area contributed by atoms with Gasteiger partial charge in [-0.3, -0.25) is 9.59 Å². The number of aromatic hydroxyl groups is 3. The molecule has 0 atom stereocenters. The van der Waals surface area contributed by atoms with Crippen LogP contribution in [0, 0.1) is 0 Å². The average molecular weight is 318 g/mol. The van der Waals surface area contributed by atoms with Gasteiger partial charge in [-0.25, -0.2) is 0 Å². The number of benzene rings is 2. The van der Waals surface area contributed by atoms with Crippen molar-refractivity contribution >= 4 is 11.9 Å². The molecule has 23 heavy (non-hydrogen) atoms. The fraction of sp³-hybridized carbons (Fsp3) is 0.125. The van der Waals surface area contributed by atoms with Crippen LogP contribution in [0.4, 0.5) is 0 Å². The first-order valence-corrected chi connectivity index (χ1v) is 6.60. The van der Waals surface area contributed by atoms with Crippen molar-refractivity contribution in [1.82, 2.24) is 0 Å². The van der Waals surface area contributed by atoms with Crippen LogP contribution < -0.4 is 4.74 Å². The van der Waals surface area contributed by atoms with E-state index in [2.05, 4.69) is 0 Å². The van der Waals surface area contributed by atoms with Crippen LogP contribution >= 0.6 is 0 Å². The van der Waals surface area contributed by atoms with E-state index in [1.54, 1.807) is 0 Å². The maximum atomic E-state index is 11.9. The number of carboxylic acid groups (broad SMARTS) is 1. The second-order valence-corrected chi connectivity index (χ2v) is 4.84. The van der Waals surface area contributed by atoms with E-state index >= 15 is 0 Å². The number of phenols is 3. The second-order valence-electron chi connectivity index (χ2n) is 4.84. The molecule has 2 aromatic carbocycles. The summed E-state index contributed by atoms with van der Waals surface area (Å²) in [4.78, 5) is 22.7. The number of aliphatic carboxylic acids is 1. The van der Waals surface area contributed by atoms with Gasteiger partial charge in [0.2, 0.25) is 0 Å². The Morgan fingerprint density at radius 3 is 2.30 bits per heavy atom. The van der Waals surface area contributed by atoms with Crippen molar-refractivity contribution in [3.05, 3.63) is 47.5 Å². The van der Waals surface area contributed by atoms with E-state index in [-0.39, 0.29) is 35.0 Å². The Hall–Kier alpha value is -3.22. The zero-order chi connectivity index (χ0) is 17.0. The minimum absolute atomic E-state index is 0.0400. The molecule has 7 nitrogen and oxygen atoms in total. The van der Waals surface area contributed by atoms with Crippen LogP contribution in [0.1, 0.15) is 11.1 Å². The van der Waals surface area contributed by atoms with Gasteiger partial charge < -0.3 is 25.2 Å². The van der Waals surface area contributed by atoms with E-state index in [0.29, 0.717) is 5.56 Å². The Bertz CT molecular complexity index is 752. The number of ether oxygens (including phenoxy) is 1. The van der Waals surface area contributed by atoms with Gasteiger partial charge >= 0.3 is 11.9 Å². The molecule has 0 unspecified atom stereocenters. The molecule has 0 heterocycles. The molecular formula is C16H14O7. The van der Waals surface area contributed by atoms with Gasteiger partial charge in [0.1, 0.15) is 11.5 Å². The van der Waals surface area contributed by atoms with E-state index in [4.69, 9.17) is 9.84 Å². The molecular weight excluding hydrogens is 304 g/mol. The van der Waals surface area contributed by atoms with Gasteiger partial charge in [0, 0.05) is 5.56 Å². The van der Waals surface area contributed by atoms with Crippen LogP contribution in [-0.4, -0.2) is 32.4 Å². The number of carbonyl (C=O) groups excluding carboxylic acids is 1. The first kappa shape index (κ1) is 16.2. The predicted molar refractivity (Wildman–Crippen MR) is 78.6 cm³/mol. The summed E-state index contributed by atoms with van der Waals surface area (Å²) in [7, 11) is 0. The molecule has 0 saturated carbocycles. The topological polar surface area (TPSA) is 124 Å². The Balaban J connectivity index is 2.13. The molecule has 0 aliphatic heterocycles. The number of rotatable bonds is 5. The number of hydrogen-bond acceptors (Lipinski definition) is 6. The summed E-state index contributed by atoms with van der Waals surface area (Å²) in [5.41, 5.74) is 0.586. The highest BCUT2D eigenvalue weighted by Crippen LogP contribution is 2.27. The van der Waals surface area contributed by atoms with Crippen molar-refractivity contribution in [3.8, 4) is 23.0 Å². The van der Waals surface area contributed by atoms with E-state index in [1.807, 2.05) is 0 Å². The molecule has 0 spiro atoms. The molecule has 2 rings (SSSR count). The van der Waals surface area contributed by atoms with Crippen LogP contribution in [0.25, 0.3) is 0 Å². The maximum Gasteiger partial charge on any atom is 0.315 e. The zero-order valence-corrected chi connectivity index (χ0v) is 11.9. The van der Waals surface area contributed by atoms with Gasteiger partial charge in [-0.05, 0) is 35.9 Å². The SMILES string of the molecule is O=C(O)Cc1cc(O)ccc1OC(=O)Cc1ccc(O)c(O)c1. The van der Waals surface area contributed by atoms with Crippen LogP contribution in [0.2, 0.25) is 0 Å². The average Bonchev–Trinajstić information content (AvgIpc) is 2.45. The van der Waals surface area contributed by atoms with E-state index < -0.39 is 18.4 Å². The van der Waals surface area contributed by atoms with Gasteiger partial charge in [0.05, 0.1) is 12.8 Å². The molecule has 0 aliphatic rings. The van der Waals surface area contributed by atoms with Crippen molar-refractivity contribution in [2.45, 2.75) is 12.8 Å². The Morgan fingerprint density at radius 1 is 0.913 bits per heavy atom. The molecule has 0 aliphatic carbocycles. The lowest BCUT2D eigenvalue weighted by Gasteiger charge is -2.10.